The number of nitrogens with one attached hydrogen (secondary N) is 1. The van der Waals surface area contributed by atoms with Crippen molar-refractivity contribution in [2.75, 3.05) is 0 Å². The fourth-order valence-electron chi connectivity index (χ4n) is 3.47. The zero-order chi connectivity index (χ0) is 18.4. The quantitative estimate of drug-likeness (QED) is 0.471. The Morgan fingerprint density at radius 1 is 1.31 bits per heavy atom. The van der Waals surface area contributed by atoms with Crippen LogP contribution in [0.15, 0.2) is 24.3 Å². The predicted molar refractivity (Wildman–Crippen MR) is 101 cm³/mol. The molecule has 9 heteroatoms. The molecule has 1 aromatic rings. The number of rotatable bonds is 5. The molecule has 0 radical (unpaired) electrons. The summed E-state index contributed by atoms with van der Waals surface area (Å²) in [4.78, 5) is 37.6. The molecule has 26 heavy (non-hydrogen) atoms. The van der Waals surface area contributed by atoms with Gasteiger partial charge in [-0.1, -0.05) is 24.3 Å². The first-order valence-electron chi connectivity index (χ1n) is 8.05. The second-order valence-corrected chi connectivity index (χ2v) is 8.56. The van der Waals surface area contributed by atoms with Crippen LogP contribution in [0.4, 0.5) is 0 Å². The molecule has 0 bridgehead atoms. The Labute approximate surface area is 178 Å². The van der Waals surface area contributed by atoms with Gasteiger partial charge in [-0.2, -0.15) is 0 Å². The van der Waals surface area contributed by atoms with E-state index in [4.69, 9.17) is 5.73 Å². The van der Waals surface area contributed by atoms with E-state index in [2.05, 4.69) is 5.32 Å². The molecule has 2 fully saturated rings. The van der Waals surface area contributed by atoms with Crippen molar-refractivity contribution in [2.24, 2.45) is 5.73 Å². The zero-order valence-electron chi connectivity index (χ0n) is 14.1. The number of nitrogens with two attached hydrogens (primary N) is 1. The van der Waals surface area contributed by atoms with Gasteiger partial charge >= 0.3 is 35.5 Å². The maximum absolute atomic E-state index is 12.4. The second-order valence-electron chi connectivity index (χ2n) is 6.79. The van der Waals surface area contributed by atoms with Crippen molar-refractivity contribution >= 4 is 59.1 Å². The molecule has 3 rings (SSSR count). The number of carboxylic acids is 1. The molecule has 3 atom stereocenters. The third kappa shape index (κ3) is 3.66. The van der Waals surface area contributed by atoms with Crippen LogP contribution in [0.25, 0.3) is 0 Å². The van der Waals surface area contributed by atoms with Crippen LogP contribution < -0.4 is 11.1 Å². The van der Waals surface area contributed by atoms with Gasteiger partial charge in [0.15, 0.2) is 0 Å². The molecule has 2 heterocycles. The van der Waals surface area contributed by atoms with Gasteiger partial charge in [0.05, 0.1) is 6.42 Å². The van der Waals surface area contributed by atoms with E-state index in [0.29, 0.717) is 6.54 Å². The molecule has 2 aliphatic heterocycles. The summed E-state index contributed by atoms with van der Waals surface area (Å²) in [7, 11) is 0. The SMILES string of the molecule is CC1(C)S[C@@H]2C(NC(=O)Cc3ccccc3CN)C(=O)N2[C@H]1C(=O)O.[NaH]. The molecule has 4 N–H and O–H groups in total. The Bertz CT molecular complexity index is 742. The van der Waals surface area contributed by atoms with Gasteiger partial charge in [0.1, 0.15) is 17.5 Å². The number of fused-ring (bicyclic) bond motifs is 1. The molecule has 1 unspecified atom stereocenters. The van der Waals surface area contributed by atoms with Crippen LogP contribution in [0.5, 0.6) is 0 Å². The molecule has 2 aliphatic rings. The zero-order valence-corrected chi connectivity index (χ0v) is 14.9. The monoisotopic (exact) mass is 387 g/mol. The Balaban J connectivity index is 0.00000243. The van der Waals surface area contributed by atoms with Crippen molar-refractivity contribution in [1.82, 2.24) is 10.2 Å². The van der Waals surface area contributed by atoms with E-state index in [1.54, 1.807) is 13.8 Å². The fourth-order valence-corrected chi connectivity index (χ4v) is 5.10. The van der Waals surface area contributed by atoms with E-state index in [-0.39, 0.29) is 53.2 Å². The first-order valence-corrected chi connectivity index (χ1v) is 8.93. The average molecular weight is 387 g/mol. The molecule has 2 amide bonds. The van der Waals surface area contributed by atoms with Gasteiger partial charge in [0.2, 0.25) is 11.8 Å². The number of carboxylic acid groups (broad SMARTS) is 1. The maximum atomic E-state index is 12.4. The molecular formula is C17H22N3NaO4S. The van der Waals surface area contributed by atoms with Gasteiger partial charge in [-0.3, -0.25) is 9.59 Å². The number of carbonyl (C=O) groups is 3. The summed E-state index contributed by atoms with van der Waals surface area (Å²) in [6.45, 7) is 3.95. The topological polar surface area (TPSA) is 113 Å². The normalized spacial score (nSPS) is 25.7. The minimum atomic E-state index is -1.02. The van der Waals surface area contributed by atoms with E-state index in [1.807, 2.05) is 24.3 Å². The van der Waals surface area contributed by atoms with Gasteiger partial charge in [-0.25, -0.2) is 4.79 Å². The summed E-state index contributed by atoms with van der Waals surface area (Å²) in [5.74, 6) is -1.62. The van der Waals surface area contributed by atoms with Gasteiger partial charge in [0.25, 0.3) is 0 Å². The van der Waals surface area contributed by atoms with E-state index < -0.39 is 22.8 Å². The van der Waals surface area contributed by atoms with E-state index in [9.17, 15) is 19.5 Å². The predicted octanol–water partition coefficient (Wildman–Crippen LogP) is -0.329. The molecule has 0 saturated carbocycles. The first-order chi connectivity index (χ1) is 11.8. The number of hydrogen-bond acceptors (Lipinski definition) is 5. The molecule has 0 aliphatic carbocycles. The number of nitrogens with zero attached hydrogens (tertiary/aromatic N) is 1. The van der Waals surface area contributed by atoms with Gasteiger partial charge < -0.3 is 21.1 Å². The molecular weight excluding hydrogens is 365 g/mol. The van der Waals surface area contributed by atoms with Crippen LogP contribution in [-0.4, -0.2) is 79.6 Å². The van der Waals surface area contributed by atoms with Crippen molar-refractivity contribution in [3.63, 3.8) is 0 Å². The summed E-state index contributed by atoms with van der Waals surface area (Å²) in [5, 5.41) is 11.8. The van der Waals surface area contributed by atoms with Crippen LogP contribution in [0.2, 0.25) is 0 Å². The molecule has 0 aromatic heterocycles. The van der Waals surface area contributed by atoms with Crippen molar-refractivity contribution in [2.45, 2.75) is 49.0 Å². The van der Waals surface area contributed by atoms with Gasteiger partial charge in [-0.05, 0) is 25.0 Å². The van der Waals surface area contributed by atoms with E-state index in [0.717, 1.165) is 11.1 Å². The van der Waals surface area contributed by atoms with Crippen molar-refractivity contribution in [1.29, 1.82) is 0 Å². The Kier molecular flexibility index (Phi) is 6.45. The Hall–Kier alpha value is -1.06. The van der Waals surface area contributed by atoms with Crippen molar-refractivity contribution in [3.8, 4) is 0 Å². The standard InChI is InChI=1S/C17H21N3O4S.Na.H/c1-17(2)13(16(23)24)20-14(22)12(15(20)25-17)19-11(21)7-9-5-3-4-6-10(9)8-18;;/h3-6,12-13,15H,7-8,18H2,1-2H3,(H,19,21)(H,23,24);;/t12?,13-,15+;;/m0../s1. The number of hydrogen-bond donors (Lipinski definition) is 3. The number of aliphatic carboxylic acids is 1. The number of carbonyl (C=O) groups excluding carboxylic acids is 2. The van der Waals surface area contributed by atoms with Crippen LogP contribution in [0.1, 0.15) is 25.0 Å². The van der Waals surface area contributed by atoms with Crippen LogP contribution in [0.3, 0.4) is 0 Å². The van der Waals surface area contributed by atoms with Crippen molar-refractivity contribution < 1.29 is 19.5 Å². The van der Waals surface area contributed by atoms with Crippen LogP contribution in [-0.2, 0) is 27.3 Å². The summed E-state index contributed by atoms with van der Waals surface area (Å²) in [5.41, 5.74) is 7.40. The van der Waals surface area contributed by atoms with Crippen LogP contribution >= 0.6 is 11.8 Å². The van der Waals surface area contributed by atoms with E-state index >= 15 is 0 Å². The molecule has 136 valence electrons. The average Bonchev–Trinajstić information content (AvgIpc) is 2.81. The van der Waals surface area contributed by atoms with Gasteiger partial charge in [-0.15, -0.1) is 11.8 Å². The molecule has 7 nitrogen and oxygen atoms in total. The molecule has 1 aromatic carbocycles. The fraction of sp³-hybridized carbons (Fsp3) is 0.471. The summed E-state index contributed by atoms with van der Waals surface area (Å²) in [6.07, 6.45) is 0.139. The Morgan fingerprint density at radius 2 is 1.92 bits per heavy atom. The number of thioether (sulfide) groups is 1. The third-order valence-electron chi connectivity index (χ3n) is 4.68. The first kappa shape index (κ1) is 21.2. The Morgan fingerprint density at radius 3 is 2.50 bits per heavy atom. The summed E-state index contributed by atoms with van der Waals surface area (Å²) in [6, 6.07) is 5.86. The number of amides is 2. The second kappa shape index (κ2) is 7.90. The van der Waals surface area contributed by atoms with E-state index in [1.165, 1.54) is 16.7 Å². The van der Waals surface area contributed by atoms with Crippen LogP contribution in [0, 0.1) is 0 Å². The summed E-state index contributed by atoms with van der Waals surface area (Å²) >= 11 is 1.41. The number of benzene rings is 1. The van der Waals surface area contributed by atoms with Crippen molar-refractivity contribution in [3.05, 3.63) is 35.4 Å². The molecule has 0 spiro atoms. The summed E-state index contributed by atoms with van der Waals surface area (Å²) < 4.78 is -0.599. The molecule has 2 saturated heterocycles. The minimum absolute atomic E-state index is 0. The van der Waals surface area contributed by atoms with Gasteiger partial charge in [0, 0.05) is 11.3 Å². The third-order valence-corrected chi connectivity index (χ3v) is 6.25. The number of β-lactam (4-membered cyclic amide) rings is 1.